The van der Waals surface area contributed by atoms with Gasteiger partial charge in [0.2, 0.25) is 0 Å². The third-order valence-electron chi connectivity index (χ3n) is 4.34. The molecule has 1 aliphatic rings. The predicted molar refractivity (Wildman–Crippen MR) is 89.6 cm³/mol. The number of rotatable bonds is 2. The van der Waals surface area contributed by atoms with Crippen molar-refractivity contribution in [2.45, 2.75) is 76.7 Å². The lowest BCUT2D eigenvalue weighted by Gasteiger charge is -2.21. The molecule has 1 aromatic rings. The lowest BCUT2D eigenvalue weighted by molar-refractivity contribution is 0.480. The molecule has 0 aliphatic heterocycles. The summed E-state index contributed by atoms with van der Waals surface area (Å²) >= 11 is 5.93. The van der Waals surface area contributed by atoms with E-state index in [4.69, 9.17) is 11.6 Å². The summed E-state index contributed by atoms with van der Waals surface area (Å²) in [5, 5.41) is 3.95. The summed E-state index contributed by atoms with van der Waals surface area (Å²) < 4.78 is 13.4. The Balaban J connectivity index is 1.90. The highest BCUT2D eigenvalue weighted by atomic mass is 35.5. The number of halogens is 2. The van der Waals surface area contributed by atoms with Gasteiger partial charge in [0.1, 0.15) is 5.82 Å². The number of benzene rings is 1. The van der Waals surface area contributed by atoms with Crippen LogP contribution in [-0.2, 0) is 0 Å². The van der Waals surface area contributed by atoms with E-state index in [0.29, 0.717) is 11.1 Å². The first-order valence-electron chi connectivity index (χ1n) is 8.47. The minimum atomic E-state index is -0.266. The topological polar surface area (TPSA) is 12.0 Å². The molecule has 3 heteroatoms. The SMILES string of the molecule is Fc1cc(Cl)cc(NC2CCCCCCCCCCC2)c1. The molecule has 0 unspecified atom stereocenters. The molecule has 1 fully saturated rings. The van der Waals surface area contributed by atoms with E-state index in [1.165, 1.54) is 76.7 Å². The molecular weight excluding hydrogens is 285 g/mol. The fourth-order valence-electron chi connectivity index (χ4n) is 3.18. The number of hydrogen-bond acceptors (Lipinski definition) is 1. The maximum Gasteiger partial charge on any atom is 0.126 e. The van der Waals surface area contributed by atoms with Gasteiger partial charge >= 0.3 is 0 Å². The fourth-order valence-corrected chi connectivity index (χ4v) is 3.40. The second-order valence-corrected chi connectivity index (χ2v) is 6.70. The minimum Gasteiger partial charge on any atom is -0.382 e. The van der Waals surface area contributed by atoms with E-state index in [-0.39, 0.29) is 5.82 Å². The van der Waals surface area contributed by atoms with Crippen LogP contribution in [0.5, 0.6) is 0 Å². The Kier molecular flexibility index (Phi) is 7.35. The molecule has 0 amide bonds. The van der Waals surface area contributed by atoms with E-state index in [1.807, 2.05) is 6.07 Å². The average Bonchev–Trinajstić information content (AvgIpc) is 2.40. The Labute approximate surface area is 133 Å². The molecule has 118 valence electrons. The molecule has 1 saturated carbocycles. The summed E-state index contributed by atoms with van der Waals surface area (Å²) in [5.41, 5.74) is 0.817. The molecule has 0 spiro atoms. The number of nitrogens with one attached hydrogen (secondary N) is 1. The maximum atomic E-state index is 13.4. The Hall–Kier alpha value is -0.760. The van der Waals surface area contributed by atoms with Crippen molar-refractivity contribution in [1.29, 1.82) is 0 Å². The molecule has 0 radical (unpaired) electrons. The normalized spacial score (nSPS) is 19.5. The van der Waals surface area contributed by atoms with Gasteiger partial charge in [-0.15, -0.1) is 0 Å². The van der Waals surface area contributed by atoms with Crippen LogP contribution < -0.4 is 5.32 Å². The van der Waals surface area contributed by atoms with Crippen LogP contribution >= 0.6 is 11.6 Å². The van der Waals surface area contributed by atoms with Crippen molar-refractivity contribution in [2.75, 3.05) is 5.32 Å². The summed E-state index contributed by atoms with van der Waals surface area (Å²) in [4.78, 5) is 0. The highest BCUT2D eigenvalue weighted by molar-refractivity contribution is 6.30. The lowest BCUT2D eigenvalue weighted by atomic mass is 9.98. The van der Waals surface area contributed by atoms with Crippen LogP contribution in [-0.4, -0.2) is 6.04 Å². The van der Waals surface area contributed by atoms with Gasteiger partial charge in [0.05, 0.1) is 0 Å². The zero-order valence-corrected chi connectivity index (χ0v) is 13.6. The van der Waals surface area contributed by atoms with Gasteiger partial charge in [0.25, 0.3) is 0 Å². The van der Waals surface area contributed by atoms with Gasteiger partial charge < -0.3 is 5.32 Å². The standard InChI is InChI=1S/C18H27ClFN/c19-15-12-16(20)14-18(13-15)21-17-10-8-6-4-2-1-3-5-7-9-11-17/h12-14,17,21H,1-11H2. The third-order valence-corrected chi connectivity index (χ3v) is 4.56. The molecule has 21 heavy (non-hydrogen) atoms. The van der Waals surface area contributed by atoms with Crippen molar-refractivity contribution in [3.05, 3.63) is 29.0 Å². The molecule has 0 saturated heterocycles. The smallest absolute Gasteiger partial charge is 0.126 e. The van der Waals surface area contributed by atoms with Crippen molar-refractivity contribution >= 4 is 17.3 Å². The molecular formula is C18H27ClFN. The first-order valence-corrected chi connectivity index (χ1v) is 8.84. The molecule has 1 nitrogen and oxygen atoms in total. The summed E-state index contributed by atoms with van der Waals surface area (Å²) in [6, 6.07) is 5.17. The Bertz CT molecular complexity index is 389. The van der Waals surface area contributed by atoms with Crippen LogP contribution in [0.2, 0.25) is 5.02 Å². The van der Waals surface area contributed by atoms with Crippen molar-refractivity contribution in [3.63, 3.8) is 0 Å². The van der Waals surface area contributed by atoms with Crippen LogP contribution in [0.3, 0.4) is 0 Å². The van der Waals surface area contributed by atoms with Crippen LogP contribution in [0.15, 0.2) is 18.2 Å². The van der Waals surface area contributed by atoms with Crippen LogP contribution in [0, 0.1) is 5.82 Å². The van der Waals surface area contributed by atoms with Crippen molar-refractivity contribution < 1.29 is 4.39 Å². The quantitative estimate of drug-likeness (QED) is 0.651. The average molecular weight is 312 g/mol. The van der Waals surface area contributed by atoms with Gasteiger partial charge in [0, 0.05) is 16.8 Å². The van der Waals surface area contributed by atoms with Gasteiger partial charge in [-0.3, -0.25) is 0 Å². The van der Waals surface area contributed by atoms with E-state index in [1.54, 1.807) is 6.07 Å². The monoisotopic (exact) mass is 311 g/mol. The van der Waals surface area contributed by atoms with Gasteiger partial charge in [-0.25, -0.2) is 4.39 Å². The maximum absolute atomic E-state index is 13.4. The summed E-state index contributed by atoms with van der Waals surface area (Å²) in [6.45, 7) is 0. The number of hydrogen-bond donors (Lipinski definition) is 1. The second kappa shape index (κ2) is 9.30. The lowest BCUT2D eigenvalue weighted by Crippen LogP contribution is -2.19. The van der Waals surface area contributed by atoms with E-state index < -0.39 is 0 Å². The third kappa shape index (κ3) is 6.69. The fraction of sp³-hybridized carbons (Fsp3) is 0.667. The highest BCUT2D eigenvalue weighted by Gasteiger charge is 2.10. The van der Waals surface area contributed by atoms with E-state index >= 15 is 0 Å². The van der Waals surface area contributed by atoms with Crippen molar-refractivity contribution in [3.8, 4) is 0 Å². The largest absolute Gasteiger partial charge is 0.382 e. The summed E-state index contributed by atoms with van der Waals surface area (Å²) in [7, 11) is 0. The van der Waals surface area contributed by atoms with Gasteiger partial charge in [-0.05, 0) is 31.0 Å². The molecule has 0 bridgehead atoms. The molecule has 1 aromatic carbocycles. The molecule has 0 atom stereocenters. The van der Waals surface area contributed by atoms with E-state index in [0.717, 1.165) is 5.69 Å². The highest BCUT2D eigenvalue weighted by Crippen LogP contribution is 2.23. The minimum absolute atomic E-state index is 0.266. The van der Waals surface area contributed by atoms with Crippen LogP contribution in [0.1, 0.15) is 70.6 Å². The van der Waals surface area contributed by atoms with Crippen LogP contribution in [0.25, 0.3) is 0 Å². The van der Waals surface area contributed by atoms with Crippen LogP contribution in [0.4, 0.5) is 10.1 Å². The Morgan fingerprint density at radius 3 is 1.86 bits per heavy atom. The summed E-state index contributed by atoms with van der Waals surface area (Å²) in [6.07, 6.45) is 14.4. The van der Waals surface area contributed by atoms with Gasteiger partial charge in [-0.1, -0.05) is 69.4 Å². The first kappa shape index (κ1) is 16.6. The molecule has 0 aromatic heterocycles. The second-order valence-electron chi connectivity index (χ2n) is 6.26. The first-order chi connectivity index (χ1) is 10.2. The molecule has 0 heterocycles. The molecule has 1 N–H and O–H groups in total. The number of anilines is 1. The van der Waals surface area contributed by atoms with E-state index in [9.17, 15) is 4.39 Å². The molecule has 1 aliphatic carbocycles. The summed E-state index contributed by atoms with van der Waals surface area (Å²) in [5.74, 6) is -0.266. The Morgan fingerprint density at radius 2 is 1.33 bits per heavy atom. The zero-order valence-electron chi connectivity index (χ0n) is 12.8. The van der Waals surface area contributed by atoms with Crippen molar-refractivity contribution in [1.82, 2.24) is 0 Å². The Morgan fingerprint density at radius 1 is 0.810 bits per heavy atom. The zero-order chi connectivity index (χ0) is 14.9. The van der Waals surface area contributed by atoms with Gasteiger partial charge in [0.15, 0.2) is 0 Å². The predicted octanol–water partition coefficient (Wildman–Crippen LogP) is 6.56. The van der Waals surface area contributed by atoms with E-state index in [2.05, 4.69) is 5.32 Å². The molecule has 2 rings (SSSR count). The van der Waals surface area contributed by atoms with Crippen molar-refractivity contribution in [2.24, 2.45) is 0 Å². The van der Waals surface area contributed by atoms with Gasteiger partial charge in [-0.2, -0.15) is 0 Å².